The molecule has 2 aromatic rings. The van der Waals surface area contributed by atoms with E-state index in [2.05, 4.69) is 42.3 Å². The lowest BCUT2D eigenvalue weighted by Crippen LogP contribution is -2.24. The minimum Gasteiger partial charge on any atom is -0.389 e. The molecule has 0 saturated carbocycles. The second kappa shape index (κ2) is 6.34. The maximum atomic E-state index is 5.76. The van der Waals surface area contributed by atoms with Crippen molar-refractivity contribution in [2.24, 2.45) is 5.73 Å². The standard InChI is InChI=1S/C16H18N2S/c1-18(12-11-13-7-3-2-4-8-13)15-10-6-5-9-14(15)16(17)19/h2-10H,11-12H2,1H3,(H2,17,19). The van der Waals surface area contributed by atoms with Gasteiger partial charge in [-0.1, -0.05) is 54.7 Å². The number of rotatable bonds is 5. The van der Waals surface area contributed by atoms with Crippen molar-refractivity contribution >= 4 is 22.9 Å². The Balaban J connectivity index is 2.08. The van der Waals surface area contributed by atoms with Crippen LogP contribution in [0.3, 0.4) is 0 Å². The highest BCUT2D eigenvalue weighted by atomic mass is 32.1. The first kappa shape index (κ1) is 13.6. The average molecular weight is 270 g/mol. The molecule has 98 valence electrons. The summed E-state index contributed by atoms with van der Waals surface area (Å²) < 4.78 is 0. The molecular weight excluding hydrogens is 252 g/mol. The lowest BCUT2D eigenvalue weighted by atomic mass is 10.1. The Morgan fingerprint density at radius 2 is 1.68 bits per heavy atom. The molecule has 0 bridgehead atoms. The molecule has 2 aromatic carbocycles. The first-order valence-electron chi connectivity index (χ1n) is 6.32. The molecule has 0 saturated heterocycles. The number of nitrogens with two attached hydrogens (primary N) is 1. The SMILES string of the molecule is CN(CCc1ccccc1)c1ccccc1C(N)=S. The summed E-state index contributed by atoms with van der Waals surface area (Å²) in [4.78, 5) is 2.64. The predicted octanol–water partition coefficient (Wildman–Crippen LogP) is 3.00. The number of likely N-dealkylation sites (N-methyl/N-ethyl adjacent to an activating group) is 1. The minimum atomic E-state index is 0.446. The van der Waals surface area contributed by atoms with Crippen molar-refractivity contribution in [1.82, 2.24) is 0 Å². The van der Waals surface area contributed by atoms with Gasteiger partial charge in [0.1, 0.15) is 4.99 Å². The maximum Gasteiger partial charge on any atom is 0.106 e. The smallest absolute Gasteiger partial charge is 0.106 e. The van der Waals surface area contributed by atoms with E-state index in [1.165, 1.54) is 5.56 Å². The van der Waals surface area contributed by atoms with Gasteiger partial charge in [0.2, 0.25) is 0 Å². The van der Waals surface area contributed by atoms with E-state index in [1.807, 2.05) is 24.3 Å². The van der Waals surface area contributed by atoms with Crippen LogP contribution in [0.4, 0.5) is 5.69 Å². The van der Waals surface area contributed by atoms with E-state index in [1.54, 1.807) is 0 Å². The van der Waals surface area contributed by atoms with Crippen LogP contribution in [0.1, 0.15) is 11.1 Å². The Hall–Kier alpha value is -1.87. The molecule has 0 amide bonds. The lowest BCUT2D eigenvalue weighted by Gasteiger charge is -2.22. The summed E-state index contributed by atoms with van der Waals surface area (Å²) in [5, 5.41) is 0. The first-order valence-corrected chi connectivity index (χ1v) is 6.73. The molecule has 0 aliphatic heterocycles. The fraction of sp³-hybridized carbons (Fsp3) is 0.188. The Bertz CT molecular complexity index is 552. The van der Waals surface area contributed by atoms with Gasteiger partial charge in [0.25, 0.3) is 0 Å². The third kappa shape index (κ3) is 3.55. The van der Waals surface area contributed by atoms with Gasteiger partial charge in [0, 0.05) is 24.8 Å². The van der Waals surface area contributed by atoms with Crippen molar-refractivity contribution in [3.8, 4) is 0 Å². The van der Waals surface area contributed by atoms with Crippen LogP contribution in [0.2, 0.25) is 0 Å². The quantitative estimate of drug-likeness (QED) is 0.847. The van der Waals surface area contributed by atoms with Crippen molar-refractivity contribution in [3.63, 3.8) is 0 Å². The van der Waals surface area contributed by atoms with Gasteiger partial charge >= 0.3 is 0 Å². The van der Waals surface area contributed by atoms with Gasteiger partial charge in [-0.15, -0.1) is 0 Å². The fourth-order valence-corrected chi connectivity index (χ4v) is 2.25. The lowest BCUT2D eigenvalue weighted by molar-refractivity contribution is 0.876. The number of thiocarbonyl (C=S) groups is 1. The van der Waals surface area contributed by atoms with E-state index in [4.69, 9.17) is 18.0 Å². The maximum absolute atomic E-state index is 5.76. The molecule has 19 heavy (non-hydrogen) atoms. The number of hydrogen-bond donors (Lipinski definition) is 1. The second-order valence-electron chi connectivity index (χ2n) is 4.54. The Labute approximate surface area is 119 Å². The van der Waals surface area contributed by atoms with Gasteiger partial charge in [0.15, 0.2) is 0 Å². The van der Waals surface area contributed by atoms with Crippen LogP contribution in [0.15, 0.2) is 54.6 Å². The normalized spacial score (nSPS) is 10.2. The van der Waals surface area contributed by atoms with Crippen molar-refractivity contribution in [2.75, 3.05) is 18.5 Å². The zero-order valence-electron chi connectivity index (χ0n) is 11.0. The van der Waals surface area contributed by atoms with E-state index < -0.39 is 0 Å². The molecule has 0 aliphatic rings. The van der Waals surface area contributed by atoms with Crippen LogP contribution < -0.4 is 10.6 Å². The molecule has 0 aromatic heterocycles. The summed E-state index contributed by atoms with van der Waals surface area (Å²) in [5.41, 5.74) is 9.13. The Kier molecular flexibility index (Phi) is 4.53. The zero-order valence-corrected chi connectivity index (χ0v) is 11.9. The van der Waals surface area contributed by atoms with Crippen molar-refractivity contribution in [3.05, 3.63) is 65.7 Å². The van der Waals surface area contributed by atoms with Crippen LogP contribution >= 0.6 is 12.2 Å². The molecule has 0 aliphatic carbocycles. The van der Waals surface area contributed by atoms with Crippen LogP contribution in [0.25, 0.3) is 0 Å². The van der Waals surface area contributed by atoms with Crippen molar-refractivity contribution in [1.29, 1.82) is 0 Å². The van der Waals surface area contributed by atoms with Gasteiger partial charge in [-0.25, -0.2) is 0 Å². The Morgan fingerprint density at radius 1 is 1.05 bits per heavy atom. The first-order chi connectivity index (χ1) is 9.18. The molecule has 0 unspecified atom stereocenters. The van der Waals surface area contributed by atoms with Gasteiger partial charge in [-0.3, -0.25) is 0 Å². The van der Waals surface area contributed by atoms with Gasteiger partial charge in [-0.2, -0.15) is 0 Å². The summed E-state index contributed by atoms with van der Waals surface area (Å²) >= 11 is 5.10. The van der Waals surface area contributed by atoms with E-state index in [0.717, 1.165) is 24.2 Å². The summed E-state index contributed by atoms with van der Waals surface area (Å²) in [6.07, 6.45) is 1.00. The molecule has 2 N–H and O–H groups in total. The third-order valence-electron chi connectivity index (χ3n) is 3.16. The van der Waals surface area contributed by atoms with Crippen LogP contribution in [0.5, 0.6) is 0 Å². The average Bonchev–Trinajstić information content (AvgIpc) is 2.46. The van der Waals surface area contributed by atoms with Gasteiger partial charge < -0.3 is 10.6 Å². The topological polar surface area (TPSA) is 29.3 Å². The molecule has 2 rings (SSSR count). The van der Waals surface area contributed by atoms with E-state index in [9.17, 15) is 0 Å². The Morgan fingerprint density at radius 3 is 2.37 bits per heavy atom. The van der Waals surface area contributed by atoms with E-state index in [-0.39, 0.29) is 0 Å². The summed E-state index contributed by atoms with van der Waals surface area (Å²) in [6.45, 7) is 0.934. The molecule has 2 nitrogen and oxygen atoms in total. The fourth-order valence-electron chi connectivity index (χ4n) is 2.08. The summed E-state index contributed by atoms with van der Waals surface area (Å²) in [6, 6.07) is 18.5. The highest BCUT2D eigenvalue weighted by molar-refractivity contribution is 7.80. The third-order valence-corrected chi connectivity index (χ3v) is 3.38. The number of nitrogens with zero attached hydrogens (tertiary/aromatic N) is 1. The van der Waals surface area contributed by atoms with E-state index >= 15 is 0 Å². The molecule has 0 radical (unpaired) electrons. The molecule has 0 heterocycles. The highest BCUT2D eigenvalue weighted by Crippen LogP contribution is 2.19. The number of benzene rings is 2. The zero-order chi connectivity index (χ0) is 13.7. The van der Waals surface area contributed by atoms with Crippen molar-refractivity contribution in [2.45, 2.75) is 6.42 Å². The minimum absolute atomic E-state index is 0.446. The largest absolute Gasteiger partial charge is 0.389 e. The van der Waals surface area contributed by atoms with Gasteiger partial charge in [0.05, 0.1) is 0 Å². The number of hydrogen-bond acceptors (Lipinski definition) is 2. The van der Waals surface area contributed by atoms with Crippen LogP contribution in [0, 0.1) is 0 Å². The summed E-state index contributed by atoms with van der Waals surface area (Å²) in [7, 11) is 2.07. The monoisotopic (exact) mass is 270 g/mol. The molecule has 0 fully saturated rings. The summed E-state index contributed by atoms with van der Waals surface area (Å²) in [5.74, 6) is 0. The van der Waals surface area contributed by atoms with Gasteiger partial charge in [-0.05, 0) is 24.1 Å². The number of para-hydroxylation sites is 1. The number of anilines is 1. The molecule has 3 heteroatoms. The van der Waals surface area contributed by atoms with E-state index in [0.29, 0.717) is 4.99 Å². The molecule has 0 spiro atoms. The molecule has 0 atom stereocenters. The van der Waals surface area contributed by atoms with Crippen molar-refractivity contribution < 1.29 is 0 Å². The van der Waals surface area contributed by atoms with Crippen LogP contribution in [-0.4, -0.2) is 18.6 Å². The second-order valence-corrected chi connectivity index (χ2v) is 4.98. The van der Waals surface area contributed by atoms with Crippen LogP contribution in [-0.2, 0) is 6.42 Å². The molecular formula is C16H18N2S. The predicted molar refractivity (Wildman–Crippen MR) is 85.7 cm³/mol. The highest BCUT2D eigenvalue weighted by Gasteiger charge is 2.08.